The number of nitrogens with zero attached hydrogens (tertiary/aromatic N) is 3. The quantitative estimate of drug-likeness (QED) is 0.519. The predicted molar refractivity (Wildman–Crippen MR) is 68.9 cm³/mol. The molecule has 0 atom stereocenters. The minimum absolute atomic E-state index is 0.157. The summed E-state index contributed by atoms with van der Waals surface area (Å²) in [5.74, 6) is -0.240. The molecule has 0 bridgehead atoms. The van der Waals surface area contributed by atoms with Gasteiger partial charge in [0.05, 0.1) is 9.80 Å². The molecule has 0 aliphatic heterocycles. The monoisotopic (exact) mass is 300 g/mol. The van der Waals surface area contributed by atoms with Gasteiger partial charge in [-0.2, -0.15) is 0 Å². The number of hydrogen-bond donors (Lipinski definition) is 1. The molecule has 2 aromatic heterocycles. The SMILES string of the molecule is CC(=O)c1cc([N+](=O)[O-])c(Sc2n[nH]c(=O)n2C)s1. The van der Waals surface area contributed by atoms with Gasteiger partial charge in [0.1, 0.15) is 4.21 Å². The van der Waals surface area contributed by atoms with Gasteiger partial charge in [-0.25, -0.2) is 9.89 Å². The number of carbonyl (C=O) groups is 1. The van der Waals surface area contributed by atoms with Crippen LogP contribution in [0.25, 0.3) is 0 Å². The maximum atomic E-state index is 11.3. The maximum absolute atomic E-state index is 11.3. The lowest BCUT2D eigenvalue weighted by Crippen LogP contribution is -2.12. The van der Waals surface area contributed by atoms with Gasteiger partial charge < -0.3 is 0 Å². The molecule has 100 valence electrons. The van der Waals surface area contributed by atoms with Gasteiger partial charge in [-0.15, -0.1) is 16.4 Å². The van der Waals surface area contributed by atoms with Crippen molar-refractivity contribution in [2.45, 2.75) is 16.3 Å². The van der Waals surface area contributed by atoms with Crippen LogP contribution in [-0.4, -0.2) is 25.5 Å². The first-order valence-corrected chi connectivity index (χ1v) is 6.62. The van der Waals surface area contributed by atoms with Crippen LogP contribution in [0.3, 0.4) is 0 Å². The van der Waals surface area contributed by atoms with E-state index in [4.69, 9.17) is 0 Å². The first kappa shape index (κ1) is 13.5. The highest BCUT2D eigenvalue weighted by molar-refractivity contribution is 8.01. The van der Waals surface area contributed by atoms with Crippen LogP contribution in [0.1, 0.15) is 16.6 Å². The number of aromatic nitrogens is 3. The third-order valence-corrected chi connectivity index (χ3v) is 4.71. The van der Waals surface area contributed by atoms with E-state index in [-0.39, 0.29) is 11.5 Å². The fraction of sp³-hybridized carbons (Fsp3) is 0.222. The van der Waals surface area contributed by atoms with E-state index < -0.39 is 10.6 Å². The number of hydrogen-bond acceptors (Lipinski definition) is 7. The van der Waals surface area contributed by atoms with Gasteiger partial charge in [0.25, 0.3) is 5.69 Å². The minimum atomic E-state index is -0.559. The Morgan fingerprint density at radius 3 is 2.79 bits per heavy atom. The molecule has 0 saturated heterocycles. The summed E-state index contributed by atoms with van der Waals surface area (Å²) in [5, 5.41) is 17.2. The average Bonchev–Trinajstić information content (AvgIpc) is 2.88. The number of nitrogens with one attached hydrogen (secondary N) is 1. The standard InChI is InChI=1S/C9H8N4O4S2/c1-4(14)6-3-5(13(16)17)7(18-6)19-9-11-10-8(15)12(9)2/h3H,1-2H3,(H,10,15). The molecule has 0 fully saturated rings. The van der Waals surface area contributed by atoms with Crippen molar-refractivity contribution in [1.29, 1.82) is 0 Å². The van der Waals surface area contributed by atoms with E-state index in [2.05, 4.69) is 10.2 Å². The molecule has 0 unspecified atom stereocenters. The molecule has 8 nitrogen and oxygen atoms in total. The number of rotatable bonds is 4. The second kappa shape index (κ2) is 4.97. The highest BCUT2D eigenvalue weighted by Crippen LogP contribution is 2.40. The van der Waals surface area contributed by atoms with Crippen molar-refractivity contribution in [3.63, 3.8) is 0 Å². The van der Waals surface area contributed by atoms with Gasteiger partial charge in [-0.3, -0.25) is 19.5 Å². The fourth-order valence-electron chi connectivity index (χ4n) is 1.25. The van der Waals surface area contributed by atoms with E-state index >= 15 is 0 Å². The van der Waals surface area contributed by atoms with Crippen molar-refractivity contribution in [1.82, 2.24) is 14.8 Å². The molecule has 0 amide bonds. The van der Waals surface area contributed by atoms with Crippen molar-refractivity contribution in [2.75, 3.05) is 0 Å². The molecule has 0 aliphatic rings. The van der Waals surface area contributed by atoms with Gasteiger partial charge in [-0.05, 0) is 18.7 Å². The summed E-state index contributed by atoms with van der Waals surface area (Å²) in [7, 11) is 1.50. The maximum Gasteiger partial charge on any atom is 0.343 e. The highest BCUT2D eigenvalue weighted by Gasteiger charge is 2.23. The van der Waals surface area contributed by atoms with E-state index in [0.717, 1.165) is 23.1 Å². The van der Waals surface area contributed by atoms with Gasteiger partial charge in [0.2, 0.25) is 0 Å². The van der Waals surface area contributed by atoms with E-state index in [1.165, 1.54) is 24.6 Å². The molecule has 0 aromatic carbocycles. The lowest BCUT2D eigenvalue weighted by molar-refractivity contribution is -0.387. The van der Waals surface area contributed by atoms with Crippen molar-refractivity contribution in [3.05, 3.63) is 31.5 Å². The Hall–Kier alpha value is -1.94. The molecule has 19 heavy (non-hydrogen) atoms. The predicted octanol–water partition coefficient (Wildman–Crippen LogP) is 1.43. The molecular weight excluding hydrogens is 292 g/mol. The van der Waals surface area contributed by atoms with Gasteiger partial charge in [0, 0.05) is 13.1 Å². The number of Topliss-reactive ketones (excluding diaryl/α,β-unsaturated/α-hetero) is 1. The Kier molecular flexibility index (Phi) is 3.53. The Balaban J connectivity index is 2.44. The zero-order chi connectivity index (χ0) is 14.2. The summed E-state index contributed by atoms with van der Waals surface area (Å²) in [4.78, 5) is 33.1. The third kappa shape index (κ3) is 2.58. The number of H-pyrrole nitrogens is 1. The lowest BCUT2D eigenvalue weighted by atomic mass is 10.3. The topological polar surface area (TPSA) is 111 Å². The van der Waals surface area contributed by atoms with Gasteiger partial charge in [-0.1, -0.05) is 0 Å². The molecule has 2 aromatic rings. The van der Waals surface area contributed by atoms with Gasteiger partial charge >= 0.3 is 5.69 Å². The lowest BCUT2D eigenvalue weighted by Gasteiger charge is -1.96. The number of carbonyl (C=O) groups excluding carboxylic acids is 1. The summed E-state index contributed by atoms with van der Waals surface area (Å²) < 4.78 is 1.55. The normalized spacial score (nSPS) is 10.6. The van der Waals surface area contributed by atoms with Crippen LogP contribution in [0.4, 0.5) is 5.69 Å². The number of thiophene rings is 1. The number of aromatic amines is 1. The van der Waals surface area contributed by atoms with E-state index in [1.54, 1.807) is 0 Å². The third-order valence-electron chi connectivity index (χ3n) is 2.25. The Bertz CT molecular complexity index is 714. The number of ketones is 1. The fourth-order valence-corrected chi connectivity index (χ4v) is 3.37. The molecule has 0 aliphatic carbocycles. The van der Waals surface area contributed by atoms with Crippen LogP contribution in [0.2, 0.25) is 0 Å². The summed E-state index contributed by atoms with van der Waals surface area (Å²) in [6.07, 6.45) is 0. The van der Waals surface area contributed by atoms with Crippen LogP contribution in [0, 0.1) is 10.1 Å². The molecule has 0 saturated carbocycles. The second-order valence-electron chi connectivity index (χ2n) is 3.57. The first-order valence-electron chi connectivity index (χ1n) is 4.98. The van der Waals surface area contributed by atoms with Crippen molar-refractivity contribution >= 4 is 34.6 Å². The summed E-state index contributed by atoms with van der Waals surface area (Å²) in [5.41, 5.74) is -0.566. The Morgan fingerprint density at radius 1 is 1.63 bits per heavy atom. The molecular formula is C9H8N4O4S2. The molecule has 10 heteroatoms. The number of nitro groups is 1. The zero-order valence-corrected chi connectivity index (χ0v) is 11.5. The van der Waals surface area contributed by atoms with Crippen molar-refractivity contribution in [2.24, 2.45) is 7.05 Å². The van der Waals surface area contributed by atoms with E-state index in [0.29, 0.717) is 14.2 Å². The second-order valence-corrected chi connectivity index (χ2v) is 5.86. The highest BCUT2D eigenvalue weighted by atomic mass is 32.2. The zero-order valence-electron chi connectivity index (χ0n) is 9.87. The van der Waals surface area contributed by atoms with Crippen LogP contribution in [0.15, 0.2) is 20.2 Å². The smallest absolute Gasteiger partial charge is 0.294 e. The van der Waals surface area contributed by atoms with Gasteiger partial charge in [0.15, 0.2) is 10.9 Å². The van der Waals surface area contributed by atoms with Crippen LogP contribution in [0.5, 0.6) is 0 Å². The van der Waals surface area contributed by atoms with Crippen LogP contribution in [-0.2, 0) is 7.05 Å². The Morgan fingerprint density at radius 2 is 2.32 bits per heavy atom. The summed E-state index contributed by atoms with van der Waals surface area (Å²) in [6.45, 7) is 1.34. The summed E-state index contributed by atoms with van der Waals surface area (Å²) in [6, 6.07) is 1.24. The minimum Gasteiger partial charge on any atom is -0.294 e. The molecule has 1 N–H and O–H groups in total. The largest absolute Gasteiger partial charge is 0.343 e. The average molecular weight is 300 g/mol. The molecule has 0 radical (unpaired) electrons. The van der Waals surface area contributed by atoms with Crippen molar-refractivity contribution < 1.29 is 9.72 Å². The van der Waals surface area contributed by atoms with Crippen LogP contribution < -0.4 is 5.69 Å². The molecule has 2 rings (SSSR count). The summed E-state index contributed by atoms with van der Waals surface area (Å²) >= 11 is 1.98. The van der Waals surface area contributed by atoms with E-state index in [9.17, 15) is 19.7 Å². The van der Waals surface area contributed by atoms with E-state index in [1.807, 2.05) is 0 Å². The molecule has 2 heterocycles. The Labute approximate surface area is 114 Å². The molecule has 0 spiro atoms. The van der Waals surface area contributed by atoms with Crippen LogP contribution >= 0.6 is 23.1 Å². The first-order chi connectivity index (χ1) is 8.90. The van der Waals surface area contributed by atoms with Crippen molar-refractivity contribution in [3.8, 4) is 0 Å².